The maximum absolute atomic E-state index is 12.0. The summed E-state index contributed by atoms with van der Waals surface area (Å²) in [4.78, 5) is 19.1. The molecule has 4 heterocycles. The van der Waals surface area contributed by atoms with Crippen molar-refractivity contribution >= 4 is 17.2 Å². The van der Waals surface area contributed by atoms with E-state index in [1.165, 1.54) is 6.26 Å². The van der Waals surface area contributed by atoms with Crippen molar-refractivity contribution in [2.24, 2.45) is 0 Å². The Hall–Kier alpha value is -2.41. The van der Waals surface area contributed by atoms with Crippen LogP contribution in [0.1, 0.15) is 22.4 Å². The van der Waals surface area contributed by atoms with Gasteiger partial charge in [-0.25, -0.2) is 0 Å². The van der Waals surface area contributed by atoms with E-state index in [4.69, 9.17) is 8.94 Å². The van der Waals surface area contributed by atoms with Gasteiger partial charge in [-0.15, -0.1) is 11.3 Å². The Bertz CT molecular complexity index is 742. The molecule has 0 unspecified atom stereocenters. The molecule has 0 aromatic carbocycles. The summed E-state index contributed by atoms with van der Waals surface area (Å²) in [6.45, 7) is 1.15. The summed E-state index contributed by atoms with van der Waals surface area (Å²) in [5, 5.41) is 5.95. The van der Waals surface area contributed by atoms with Crippen LogP contribution in [0.4, 0.5) is 0 Å². The molecule has 1 saturated heterocycles. The number of carbonyl (C=O) groups excluding carboxylic acids is 1. The van der Waals surface area contributed by atoms with Crippen LogP contribution in [-0.2, 0) is 0 Å². The minimum atomic E-state index is -0.103. The summed E-state index contributed by atoms with van der Waals surface area (Å²) in [6.07, 6.45) is 1.50. The van der Waals surface area contributed by atoms with Gasteiger partial charge in [-0.3, -0.25) is 4.79 Å². The molecular weight excluding hydrogens is 290 g/mol. The van der Waals surface area contributed by atoms with Crippen LogP contribution in [-0.4, -0.2) is 34.0 Å². The first-order valence-corrected chi connectivity index (χ1v) is 7.39. The second-order valence-electron chi connectivity index (χ2n) is 4.82. The second-order valence-corrected chi connectivity index (χ2v) is 5.77. The zero-order valence-electron chi connectivity index (χ0n) is 10.9. The normalized spacial score (nSPS) is 15.1. The lowest BCUT2D eigenvalue weighted by Crippen LogP contribution is -2.48. The average Bonchev–Trinajstić information content (AvgIpc) is 3.19. The lowest BCUT2D eigenvalue weighted by atomic mass is 10.00. The van der Waals surface area contributed by atoms with Gasteiger partial charge in [-0.1, -0.05) is 11.2 Å². The van der Waals surface area contributed by atoms with Crippen LogP contribution in [0.3, 0.4) is 0 Å². The molecule has 0 spiro atoms. The molecule has 6 nitrogen and oxygen atoms in total. The molecule has 1 fully saturated rings. The molecule has 1 aliphatic heterocycles. The Morgan fingerprint density at radius 3 is 2.95 bits per heavy atom. The monoisotopic (exact) mass is 301 g/mol. The summed E-state index contributed by atoms with van der Waals surface area (Å²) in [5.41, 5.74) is 0. The molecule has 3 aromatic rings. The first kappa shape index (κ1) is 12.3. The zero-order chi connectivity index (χ0) is 14.2. The molecule has 3 aromatic heterocycles. The van der Waals surface area contributed by atoms with Crippen molar-refractivity contribution in [3.05, 3.63) is 47.6 Å². The van der Waals surface area contributed by atoms with Crippen molar-refractivity contribution in [3.63, 3.8) is 0 Å². The van der Waals surface area contributed by atoms with Gasteiger partial charge >= 0.3 is 0 Å². The molecule has 0 saturated carbocycles. The molecule has 0 N–H and O–H groups in total. The molecule has 0 radical (unpaired) electrons. The standard InChI is InChI=1S/C14H11N3O3S/c18-14(10-3-1-5-19-10)17-7-9(8-17)13-15-12(16-20-13)11-4-2-6-21-11/h1-6,9H,7-8H2. The molecule has 1 aliphatic rings. The van der Waals surface area contributed by atoms with Crippen LogP contribution in [0.15, 0.2) is 44.8 Å². The van der Waals surface area contributed by atoms with Crippen molar-refractivity contribution in [3.8, 4) is 10.7 Å². The first-order chi connectivity index (χ1) is 10.3. The average molecular weight is 301 g/mol. The highest BCUT2D eigenvalue weighted by Crippen LogP contribution is 2.29. The first-order valence-electron chi connectivity index (χ1n) is 6.51. The van der Waals surface area contributed by atoms with E-state index < -0.39 is 0 Å². The van der Waals surface area contributed by atoms with E-state index in [1.54, 1.807) is 28.4 Å². The smallest absolute Gasteiger partial charge is 0.289 e. The Morgan fingerprint density at radius 1 is 1.33 bits per heavy atom. The molecule has 4 rings (SSSR count). The Labute approximate surface area is 124 Å². The summed E-state index contributed by atoms with van der Waals surface area (Å²) in [7, 11) is 0. The van der Waals surface area contributed by atoms with Crippen LogP contribution in [0.2, 0.25) is 0 Å². The van der Waals surface area contributed by atoms with Crippen molar-refractivity contribution in [2.75, 3.05) is 13.1 Å². The summed E-state index contributed by atoms with van der Waals surface area (Å²) in [6, 6.07) is 7.27. The number of likely N-dealkylation sites (tertiary alicyclic amines) is 1. The largest absolute Gasteiger partial charge is 0.459 e. The SMILES string of the molecule is O=C(c1ccco1)N1CC(c2nc(-c3cccs3)no2)C1. The highest BCUT2D eigenvalue weighted by molar-refractivity contribution is 7.13. The van der Waals surface area contributed by atoms with E-state index in [0.717, 1.165) is 4.88 Å². The van der Waals surface area contributed by atoms with Crippen molar-refractivity contribution in [2.45, 2.75) is 5.92 Å². The van der Waals surface area contributed by atoms with Crippen LogP contribution in [0, 0.1) is 0 Å². The fourth-order valence-electron chi connectivity index (χ4n) is 2.26. The van der Waals surface area contributed by atoms with Gasteiger partial charge in [0.15, 0.2) is 5.76 Å². The molecule has 106 valence electrons. The van der Waals surface area contributed by atoms with Gasteiger partial charge in [-0.05, 0) is 23.6 Å². The van der Waals surface area contributed by atoms with Crippen molar-refractivity contribution in [1.29, 1.82) is 0 Å². The van der Waals surface area contributed by atoms with E-state index in [9.17, 15) is 4.79 Å². The van der Waals surface area contributed by atoms with Gasteiger partial charge < -0.3 is 13.8 Å². The molecule has 1 amide bonds. The van der Waals surface area contributed by atoms with Gasteiger partial charge in [0.2, 0.25) is 11.7 Å². The molecule has 7 heteroatoms. The van der Waals surface area contributed by atoms with Crippen molar-refractivity contribution in [1.82, 2.24) is 15.0 Å². The maximum Gasteiger partial charge on any atom is 0.289 e. The van der Waals surface area contributed by atoms with E-state index in [0.29, 0.717) is 30.6 Å². The third-order valence-corrected chi connectivity index (χ3v) is 4.30. The van der Waals surface area contributed by atoms with E-state index in [1.807, 2.05) is 17.5 Å². The van der Waals surface area contributed by atoms with Gasteiger partial charge in [0, 0.05) is 13.1 Å². The van der Waals surface area contributed by atoms with Crippen LogP contribution in [0.25, 0.3) is 10.7 Å². The minimum Gasteiger partial charge on any atom is -0.459 e. The lowest BCUT2D eigenvalue weighted by Gasteiger charge is -2.36. The van der Waals surface area contributed by atoms with Gasteiger partial charge in [-0.2, -0.15) is 4.98 Å². The number of rotatable bonds is 3. The number of amides is 1. The van der Waals surface area contributed by atoms with Crippen LogP contribution >= 0.6 is 11.3 Å². The molecule has 21 heavy (non-hydrogen) atoms. The quantitative estimate of drug-likeness (QED) is 0.743. The number of aromatic nitrogens is 2. The topological polar surface area (TPSA) is 72.4 Å². The number of carbonyl (C=O) groups is 1. The fourth-order valence-corrected chi connectivity index (χ4v) is 2.91. The number of hydrogen-bond acceptors (Lipinski definition) is 6. The number of furan rings is 1. The predicted molar refractivity (Wildman–Crippen MR) is 75.0 cm³/mol. The fraction of sp³-hybridized carbons (Fsp3) is 0.214. The number of thiophene rings is 1. The second kappa shape index (κ2) is 4.85. The predicted octanol–water partition coefficient (Wildman–Crippen LogP) is 2.63. The van der Waals surface area contributed by atoms with E-state index >= 15 is 0 Å². The summed E-state index contributed by atoms with van der Waals surface area (Å²) >= 11 is 1.57. The Kier molecular flexibility index (Phi) is 2.85. The highest BCUT2D eigenvalue weighted by atomic mass is 32.1. The molecular formula is C14H11N3O3S. The minimum absolute atomic E-state index is 0.102. The molecule has 0 aliphatic carbocycles. The Morgan fingerprint density at radius 2 is 2.24 bits per heavy atom. The van der Waals surface area contributed by atoms with E-state index in [-0.39, 0.29) is 11.8 Å². The summed E-state index contributed by atoms with van der Waals surface area (Å²) < 4.78 is 10.4. The molecule has 0 bridgehead atoms. The third-order valence-electron chi connectivity index (χ3n) is 3.43. The van der Waals surface area contributed by atoms with Gasteiger partial charge in [0.1, 0.15) is 0 Å². The molecule has 0 atom stereocenters. The zero-order valence-corrected chi connectivity index (χ0v) is 11.7. The number of hydrogen-bond donors (Lipinski definition) is 0. The third kappa shape index (κ3) is 2.15. The number of nitrogens with zero attached hydrogens (tertiary/aromatic N) is 3. The van der Waals surface area contributed by atoms with E-state index in [2.05, 4.69) is 10.1 Å². The van der Waals surface area contributed by atoms with Crippen molar-refractivity contribution < 1.29 is 13.7 Å². The highest BCUT2D eigenvalue weighted by Gasteiger charge is 2.36. The van der Waals surface area contributed by atoms with Crippen LogP contribution < -0.4 is 0 Å². The Balaban J connectivity index is 1.43. The summed E-state index contributed by atoms with van der Waals surface area (Å²) in [5.74, 6) is 1.55. The van der Waals surface area contributed by atoms with Crippen LogP contribution in [0.5, 0.6) is 0 Å². The van der Waals surface area contributed by atoms with Gasteiger partial charge in [0.25, 0.3) is 5.91 Å². The maximum atomic E-state index is 12.0. The lowest BCUT2D eigenvalue weighted by molar-refractivity contribution is 0.0537. The van der Waals surface area contributed by atoms with Gasteiger partial charge in [0.05, 0.1) is 17.1 Å².